The predicted octanol–water partition coefficient (Wildman–Crippen LogP) is 3.40. The van der Waals surface area contributed by atoms with Gasteiger partial charge in [-0.05, 0) is 19.1 Å². The van der Waals surface area contributed by atoms with Gasteiger partial charge in [-0.1, -0.05) is 30.7 Å². The third-order valence-corrected chi connectivity index (χ3v) is 4.06. The van der Waals surface area contributed by atoms with Crippen LogP contribution in [0.25, 0.3) is 16.7 Å². The predicted molar refractivity (Wildman–Crippen MR) is 96.2 cm³/mol. The normalized spacial score (nSPS) is 11.2. The van der Waals surface area contributed by atoms with E-state index in [4.69, 9.17) is 16.3 Å². The number of fused-ring (bicyclic) bond motifs is 1. The number of hydrogen-bond acceptors (Lipinski definition) is 5. The Morgan fingerprint density at radius 3 is 2.75 bits per heavy atom. The number of aryl methyl sites for hydroxylation is 2. The lowest BCUT2D eigenvalue weighted by molar-refractivity contribution is 0.210. The molecule has 7 heteroatoms. The van der Waals surface area contributed by atoms with Crippen LogP contribution in [0.1, 0.15) is 18.4 Å². The lowest BCUT2D eigenvalue weighted by Gasteiger charge is -2.09. The Morgan fingerprint density at radius 1 is 1.25 bits per heavy atom. The summed E-state index contributed by atoms with van der Waals surface area (Å²) in [6.45, 7) is 5.25. The van der Waals surface area contributed by atoms with Crippen molar-refractivity contribution in [2.75, 3.05) is 25.6 Å². The van der Waals surface area contributed by atoms with Gasteiger partial charge in [0.05, 0.1) is 28.4 Å². The Hall–Kier alpha value is -2.18. The number of benzene rings is 1. The van der Waals surface area contributed by atoms with Crippen LogP contribution in [0.2, 0.25) is 5.02 Å². The van der Waals surface area contributed by atoms with Crippen LogP contribution >= 0.6 is 11.6 Å². The summed E-state index contributed by atoms with van der Waals surface area (Å²) in [5, 5.41) is 9.50. The second-order valence-corrected chi connectivity index (χ2v) is 5.82. The minimum absolute atomic E-state index is 0.602. The second kappa shape index (κ2) is 7.15. The Bertz CT molecular complexity index is 862. The van der Waals surface area contributed by atoms with E-state index in [0.717, 1.165) is 40.5 Å². The van der Waals surface area contributed by atoms with E-state index in [9.17, 15) is 0 Å². The third-order valence-electron chi connectivity index (χ3n) is 3.74. The third kappa shape index (κ3) is 3.07. The number of para-hydroxylation sites is 1. The van der Waals surface area contributed by atoms with Gasteiger partial charge in [-0.2, -0.15) is 5.10 Å². The largest absolute Gasteiger partial charge is 0.383 e. The van der Waals surface area contributed by atoms with E-state index >= 15 is 0 Å². The van der Waals surface area contributed by atoms with Gasteiger partial charge in [0, 0.05) is 20.1 Å². The Labute approximate surface area is 145 Å². The zero-order valence-corrected chi connectivity index (χ0v) is 14.8. The fraction of sp³-hybridized carbons (Fsp3) is 0.353. The summed E-state index contributed by atoms with van der Waals surface area (Å²) in [6, 6.07) is 7.61. The molecule has 1 aromatic carbocycles. The van der Waals surface area contributed by atoms with Crippen molar-refractivity contribution < 1.29 is 4.74 Å². The molecule has 0 radical (unpaired) electrons. The standard InChI is InChI=1S/C17H20ClN5O/c1-4-14-20-16(19-9-10-24-3)15-11(2)22-23(17(15)21-14)13-8-6-5-7-12(13)18/h5-8H,4,9-10H2,1-3H3,(H,19,20,21). The van der Waals surface area contributed by atoms with E-state index < -0.39 is 0 Å². The van der Waals surface area contributed by atoms with Crippen molar-refractivity contribution in [1.82, 2.24) is 19.7 Å². The highest BCUT2D eigenvalue weighted by Crippen LogP contribution is 2.29. The molecule has 0 aliphatic heterocycles. The van der Waals surface area contributed by atoms with E-state index in [1.54, 1.807) is 11.8 Å². The van der Waals surface area contributed by atoms with Gasteiger partial charge in [-0.3, -0.25) is 0 Å². The molecule has 0 unspecified atom stereocenters. The lowest BCUT2D eigenvalue weighted by Crippen LogP contribution is -2.11. The van der Waals surface area contributed by atoms with Crippen LogP contribution in [0.3, 0.4) is 0 Å². The number of nitrogens with zero attached hydrogens (tertiary/aromatic N) is 4. The zero-order chi connectivity index (χ0) is 17.1. The molecule has 6 nitrogen and oxygen atoms in total. The fourth-order valence-corrected chi connectivity index (χ4v) is 2.79. The van der Waals surface area contributed by atoms with Crippen LogP contribution in [0.5, 0.6) is 0 Å². The molecule has 0 aliphatic rings. The van der Waals surface area contributed by atoms with Crippen molar-refractivity contribution >= 4 is 28.5 Å². The van der Waals surface area contributed by atoms with Gasteiger partial charge in [-0.25, -0.2) is 14.6 Å². The maximum atomic E-state index is 6.35. The van der Waals surface area contributed by atoms with Crippen LogP contribution in [0.4, 0.5) is 5.82 Å². The number of aromatic nitrogens is 4. The summed E-state index contributed by atoms with van der Waals surface area (Å²) in [5.41, 5.74) is 2.42. The summed E-state index contributed by atoms with van der Waals surface area (Å²) < 4.78 is 6.90. The highest BCUT2D eigenvalue weighted by Gasteiger charge is 2.18. The SMILES string of the molecule is CCc1nc(NCCOC)c2c(C)nn(-c3ccccc3Cl)c2n1. The molecule has 1 N–H and O–H groups in total. The summed E-state index contributed by atoms with van der Waals surface area (Å²) in [7, 11) is 1.68. The minimum atomic E-state index is 0.602. The van der Waals surface area contributed by atoms with Crippen LogP contribution in [-0.4, -0.2) is 40.0 Å². The Balaban J connectivity index is 2.19. The molecule has 24 heavy (non-hydrogen) atoms. The van der Waals surface area contributed by atoms with E-state index in [-0.39, 0.29) is 0 Å². The van der Waals surface area contributed by atoms with Gasteiger partial charge in [0.1, 0.15) is 11.6 Å². The van der Waals surface area contributed by atoms with Crippen molar-refractivity contribution in [3.05, 3.63) is 40.8 Å². The molecule has 0 amide bonds. The van der Waals surface area contributed by atoms with Crippen LogP contribution < -0.4 is 5.32 Å². The average molecular weight is 346 g/mol. The van der Waals surface area contributed by atoms with E-state index in [1.165, 1.54) is 0 Å². The molecule has 0 bridgehead atoms. The number of nitrogens with one attached hydrogen (secondary N) is 1. The van der Waals surface area contributed by atoms with Crippen LogP contribution in [0, 0.1) is 6.92 Å². The van der Waals surface area contributed by atoms with E-state index in [1.807, 2.05) is 38.1 Å². The van der Waals surface area contributed by atoms with Gasteiger partial charge < -0.3 is 10.1 Å². The van der Waals surface area contributed by atoms with Crippen molar-refractivity contribution in [3.8, 4) is 5.69 Å². The van der Waals surface area contributed by atoms with E-state index in [2.05, 4.69) is 20.4 Å². The maximum absolute atomic E-state index is 6.35. The highest BCUT2D eigenvalue weighted by atomic mass is 35.5. The Kier molecular flexibility index (Phi) is 4.97. The first-order valence-electron chi connectivity index (χ1n) is 7.89. The van der Waals surface area contributed by atoms with Gasteiger partial charge >= 0.3 is 0 Å². The molecule has 2 aromatic heterocycles. The first kappa shape index (κ1) is 16.7. The number of methoxy groups -OCH3 is 1. The molecule has 0 atom stereocenters. The number of halogens is 1. The zero-order valence-electron chi connectivity index (χ0n) is 14.0. The van der Waals surface area contributed by atoms with Gasteiger partial charge in [-0.15, -0.1) is 0 Å². The quantitative estimate of drug-likeness (QED) is 0.694. The second-order valence-electron chi connectivity index (χ2n) is 5.41. The van der Waals surface area contributed by atoms with Crippen LogP contribution in [-0.2, 0) is 11.2 Å². The Morgan fingerprint density at radius 2 is 2.04 bits per heavy atom. The van der Waals surface area contributed by atoms with Crippen molar-refractivity contribution in [2.45, 2.75) is 20.3 Å². The summed E-state index contributed by atoms with van der Waals surface area (Å²) in [5.74, 6) is 1.54. The molecule has 0 spiro atoms. The molecule has 0 saturated carbocycles. The maximum Gasteiger partial charge on any atom is 0.169 e. The molecule has 0 aliphatic carbocycles. The molecule has 3 aromatic rings. The smallest absolute Gasteiger partial charge is 0.169 e. The lowest BCUT2D eigenvalue weighted by atomic mass is 10.2. The molecule has 0 saturated heterocycles. The summed E-state index contributed by atoms with van der Waals surface area (Å²) >= 11 is 6.35. The topological polar surface area (TPSA) is 64.9 Å². The van der Waals surface area contributed by atoms with Crippen molar-refractivity contribution in [1.29, 1.82) is 0 Å². The van der Waals surface area contributed by atoms with Crippen LogP contribution in [0.15, 0.2) is 24.3 Å². The average Bonchev–Trinajstić information content (AvgIpc) is 2.92. The van der Waals surface area contributed by atoms with Crippen molar-refractivity contribution in [2.24, 2.45) is 0 Å². The molecule has 3 rings (SSSR count). The highest BCUT2D eigenvalue weighted by molar-refractivity contribution is 6.32. The minimum Gasteiger partial charge on any atom is -0.383 e. The fourth-order valence-electron chi connectivity index (χ4n) is 2.58. The first-order valence-corrected chi connectivity index (χ1v) is 8.27. The molecular weight excluding hydrogens is 326 g/mol. The monoisotopic (exact) mass is 345 g/mol. The molecule has 2 heterocycles. The number of anilines is 1. The molecule has 126 valence electrons. The molecule has 0 fully saturated rings. The molecular formula is C17H20ClN5O. The van der Waals surface area contributed by atoms with E-state index in [0.29, 0.717) is 18.2 Å². The summed E-state index contributed by atoms with van der Waals surface area (Å²) in [6.07, 6.45) is 0.738. The first-order chi connectivity index (χ1) is 11.7. The number of rotatable bonds is 6. The number of ether oxygens (including phenoxy) is 1. The van der Waals surface area contributed by atoms with Crippen molar-refractivity contribution in [3.63, 3.8) is 0 Å². The van der Waals surface area contributed by atoms with Gasteiger partial charge in [0.2, 0.25) is 0 Å². The number of hydrogen-bond donors (Lipinski definition) is 1. The van der Waals surface area contributed by atoms with Gasteiger partial charge in [0.25, 0.3) is 0 Å². The summed E-state index contributed by atoms with van der Waals surface area (Å²) in [4.78, 5) is 9.30. The van der Waals surface area contributed by atoms with Gasteiger partial charge in [0.15, 0.2) is 5.65 Å².